The van der Waals surface area contributed by atoms with Crippen molar-refractivity contribution in [2.45, 2.75) is 52.6 Å². The van der Waals surface area contributed by atoms with Crippen LogP contribution in [-0.2, 0) is 9.53 Å². The molecule has 0 radical (unpaired) electrons. The van der Waals surface area contributed by atoms with Crippen LogP contribution in [0.2, 0.25) is 0 Å². The molecule has 0 aromatic carbocycles. The van der Waals surface area contributed by atoms with Crippen molar-refractivity contribution in [3.05, 3.63) is 0 Å². The third-order valence-corrected chi connectivity index (χ3v) is 1.90. The van der Waals surface area contributed by atoms with Gasteiger partial charge in [0.1, 0.15) is 0 Å². The molecule has 0 aromatic rings. The highest BCUT2D eigenvalue weighted by atomic mass is 16.5. The fraction of sp³-hybridized carbons (Fsp3) is 0.909. The van der Waals surface area contributed by atoms with E-state index >= 15 is 0 Å². The van der Waals surface area contributed by atoms with Crippen molar-refractivity contribution >= 4 is 5.91 Å². The molecule has 1 N–H and O–H groups in total. The van der Waals surface area contributed by atoms with Gasteiger partial charge in [0.05, 0.1) is 6.10 Å². The molecule has 0 bridgehead atoms. The number of rotatable bonds is 8. The Hall–Kier alpha value is -0.570. The largest absolute Gasteiger partial charge is 0.379 e. The Morgan fingerprint density at radius 2 is 1.86 bits per heavy atom. The number of unbranched alkanes of at least 4 members (excludes halogenated alkanes) is 3. The molecule has 0 spiro atoms. The second-order valence-electron chi connectivity index (χ2n) is 3.82. The molecule has 0 aliphatic heterocycles. The molecule has 0 unspecified atom stereocenters. The fourth-order valence-corrected chi connectivity index (χ4v) is 1.16. The van der Waals surface area contributed by atoms with E-state index in [4.69, 9.17) is 4.74 Å². The Morgan fingerprint density at radius 1 is 1.21 bits per heavy atom. The summed E-state index contributed by atoms with van der Waals surface area (Å²) in [4.78, 5) is 10.5. The van der Waals surface area contributed by atoms with Gasteiger partial charge in [-0.25, -0.2) is 0 Å². The highest BCUT2D eigenvalue weighted by Gasteiger charge is 1.94. The Bertz CT molecular complexity index is 146. The summed E-state index contributed by atoms with van der Waals surface area (Å²) in [5, 5.41) is 2.78. The average molecular weight is 201 g/mol. The number of hydrogen-bond acceptors (Lipinski definition) is 2. The van der Waals surface area contributed by atoms with Crippen LogP contribution in [0.3, 0.4) is 0 Å². The van der Waals surface area contributed by atoms with Gasteiger partial charge in [-0.3, -0.25) is 4.79 Å². The van der Waals surface area contributed by atoms with E-state index in [1.54, 1.807) is 6.92 Å². The molecular weight excluding hydrogens is 178 g/mol. The normalized spacial score (nSPS) is 10.6. The fourth-order valence-electron chi connectivity index (χ4n) is 1.16. The van der Waals surface area contributed by atoms with E-state index in [-0.39, 0.29) is 5.91 Å². The predicted molar refractivity (Wildman–Crippen MR) is 58.2 cm³/mol. The lowest BCUT2D eigenvalue weighted by atomic mass is 10.2. The Morgan fingerprint density at radius 3 is 2.43 bits per heavy atom. The molecule has 0 aromatic heterocycles. The monoisotopic (exact) mass is 201 g/mol. The minimum absolute atomic E-state index is 0.0631. The molecule has 3 heteroatoms. The lowest BCUT2D eigenvalue weighted by Gasteiger charge is -2.06. The SMILES string of the molecule is CC(=O)NCCCCCCOC(C)C. The topological polar surface area (TPSA) is 38.3 Å². The van der Waals surface area contributed by atoms with E-state index in [1.807, 2.05) is 0 Å². The molecule has 0 fully saturated rings. The van der Waals surface area contributed by atoms with Crippen molar-refractivity contribution in [2.75, 3.05) is 13.2 Å². The van der Waals surface area contributed by atoms with Crippen LogP contribution < -0.4 is 5.32 Å². The van der Waals surface area contributed by atoms with Crippen molar-refractivity contribution in [1.82, 2.24) is 5.32 Å². The van der Waals surface area contributed by atoms with Crippen molar-refractivity contribution in [2.24, 2.45) is 0 Å². The van der Waals surface area contributed by atoms with Crippen LogP contribution in [0.4, 0.5) is 0 Å². The summed E-state index contributed by atoms with van der Waals surface area (Å²) in [5.41, 5.74) is 0. The van der Waals surface area contributed by atoms with Gasteiger partial charge in [0.15, 0.2) is 0 Å². The minimum atomic E-state index is 0.0631. The molecule has 3 nitrogen and oxygen atoms in total. The van der Waals surface area contributed by atoms with Crippen molar-refractivity contribution < 1.29 is 9.53 Å². The predicted octanol–water partition coefficient (Wildman–Crippen LogP) is 2.11. The van der Waals surface area contributed by atoms with Gasteiger partial charge in [-0.2, -0.15) is 0 Å². The van der Waals surface area contributed by atoms with Crippen LogP contribution in [0.25, 0.3) is 0 Å². The van der Waals surface area contributed by atoms with Crippen LogP contribution in [-0.4, -0.2) is 25.2 Å². The number of nitrogens with one attached hydrogen (secondary N) is 1. The van der Waals surface area contributed by atoms with Gasteiger partial charge in [-0.05, 0) is 26.7 Å². The van der Waals surface area contributed by atoms with Crippen LogP contribution >= 0.6 is 0 Å². The first-order valence-electron chi connectivity index (χ1n) is 5.49. The number of carbonyl (C=O) groups excluding carboxylic acids is 1. The molecule has 0 aliphatic carbocycles. The second-order valence-corrected chi connectivity index (χ2v) is 3.82. The summed E-state index contributed by atoms with van der Waals surface area (Å²) >= 11 is 0. The third kappa shape index (κ3) is 11.4. The lowest BCUT2D eigenvalue weighted by Crippen LogP contribution is -2.20. The van der Waals surface area contributed by atoms with Gasteiger partial charge >= 0.3 is 0 Å². The number of amides is 1. The molecule has 0 heterocycles. The van der Waals surface area contributed by atoms with Gasteiger partial charge in [0.25, 0.3) is 0 Å². The summed E-state index contributed by atoms with van der Waals surface area (Å²) < 4.78 is 5.42. The number of ether oxygens (including phenoxy) is 1. The number of hydrogen-bond donors (Lipinski definition) is 1. The summed E-state index contributed by atoms with van der Waals surface area (Å²) in [6.07, 6.45) is 4.89. The van der Waals surface area contributed by atoms with Gasteiger partial charge in [-0.1, -0.05) is 12.8 Å². The minimum Gasteiger partial charge on any atom is -0.379 e. The van der Waals surface area contributed by atoms with Crippen LogP contribution in [0.5, 0.6) is 0 Å². The van der Waals surface area contributed by atoms with E-state index < -0.39 is 0 Å². The first-order valence-corrected chi connectivity index (χ1v) is 5.49. The summed E-state index contributed by atoms with van der Waals surface area (Å²) in [5.74, 6) is 0.0631. The van der Waals surface area contributed by atoms with Crippen LogP contribution in [0.15, 0.2) is 0 Å². The smallest absolute Gasteiger partial charge is 0.216 e. The van der Waals surface area contributed by atoms with Gasteiger partial charge in [0.2, 0.25) is 5.91 Å². The molecule has 1 amide bonds. The number of carbonyl (C=O) groups is 1. The quantitative estimate of drug-likeness (QED) is 0.611. The highest BCUT2D eigenvalue weighted by Crippen LogP contribution is 2.00. The molecule has 0 atom stereocenters. The van der Waals surface area contributed by atoms with Gasteiger partial charge in [-0.15, -0.1) is 0 Å². The third-order valence-electron chi connectivity index (χ3n) is 1.90. The van der Waals surface area contributed by atoms with Crippen molar-refractivity contribution in [1.29, 1.82) is 0 Å². The molecule has 0 saturated heterocycles. The van der Waals surface area contributed by atoms with E-state index in [1.165, 1.54) is 12.8 Å². The maximum atomic E-state index is 10.5. The Balaban J connectivity index is 2.96. The van der Waals surface area contributed by atoms with Crippen LogP contribution in [0, 0.1) is 0 Å². The molecule has 0 rings (SSSR count). The second kappa shape index (κ2) is 9.00. The Labute approximate surface area is 87.2 Å². The first-order chi connectivity index (χ1) is 6.63. The van der Waals surface area contributed by atoms with E-state index in [2.05, 4.69) is 19.2 Å². The zero-order valence-electron chi connectivity index (χ0n) is 9.64. The maximum Gasteiger partial charge on any atom is 0.216 e. The summed E-state index contributed by atoms with van der Waals surface area (Å²) in [6, 6.07) is 0. The molecular formula is C11H23NO2. The standard InChI is InChI=1S/C11H23NO2/c1-10(2)14-9-7-5-4-6-8-12-11(3)13/h10H,4-9H2,1-3H3,(H,12,13). The van der Waals surface area contributed by atoms with E-state index in [9.17, 15) is 4.79 Å². The molecule has 0 saturated carbocycles. The maximum absolute atomic E-state index is 10.5. The van der Waals surface area contributed by atoms with Gasteiger partial charge in [0, 0.05) is 20.1 Å². The van der Waals surface area contributed by atoms with Crippen LogP contribution in [0.1, 0.15) is 46.5 Å². The van der Waals surface area contributed by atoms with Crippen molar-refractivity contribution in [3.63, 3.8) is 0 Å². The zero-order valence-corrected chi connectivity index (χ0v) is 9.64. The summed E-state index contributed by atoms with van der Waals surface area (Å²) in [6.45, 7) is 7.32. The average Bonchev–Trinajstić information content (AvgIpc) is 2.08. The highest BCUT2D eigenvalue weighted by molar-refractivity contribution is 5.72. The van der Waals surface area contributed by atoms with Crippen molar-refractivity contribution in [3.8, 4) is 0 Å². The molecule has 0 aliphatic rings. The molecule has 84 valence electrons. The van der Waals surface area contributed by atoms with E-state index in [0.29, 0.717) is 6.10 Å². The summed E-state index contributed by atoms with van der Waals surface area (Å²) in [7, 11) is 0. The first kappa shape index (κ1) is 13.4. The molecule has 14 heavy (non-hydrogen) atoms. The van der Waals surface area contributed by atoms with E-state index in [0.717, 1.165) is 26.0 Å². The lowest BCUT2D eigenvalue weighted by molar-refractivity contribution is -0.118. The van der Waals surface area contributed by atoms with Gasteiger partial charge < -0.3 is 10.1 Å². The zero-order chi connectivity index (χ0) is 10.8. The Kier molecular flexibility index (Phi) is 8.64.